The second kappa shape index (κ2) is 9.67. The second-order valence-corrected chi connectivity index (χ2v) is 8.50. The van der Waals surface area contributed by atoms with Crippen LogP contribution in [0.1, 0.15) is 18.1 Å². The fourth-order valence-corrected chi connectivity index (χ4v) is 4.68. The highest BCUT2D eigenvalue weighted by Crippen LogP contribution is 2.45. The number of carbonyl (C=O) groups excluding carboxylic acids is 2. The standard InChI is InChI=1S/C23H16F2O2S2/c1-15-14-28-23(29-15)22(20(26)12-6-16-2-8-18(24)9-3-16)21(27)13-7-17-4-10-19(25)11-5-17/h2-14H,1H3/b12-6+,13-7+. The van der Waals surface area contributed by atoms with Crippen LogP contribution in [0.5, 0.6) is 0 Å². The Morgan fingerprint density at radius 2 is 1.24 bits per heavy atom. The Morgan fingerprint density at radius 3 is 1.62 bits per heavy atom. The van der Waals surface area contributed by atoms with Gasteiger partial charge in [-0.25, -0.2) is 8.78 Å². The van der Waals surface area contributed by atoms with Crippen LogP contribution in [0.4, 0.5) is 8.78 Å². The molecule has 0 fully saturated rings. The first-order valence-electron chi connectivity index (χ1n) is 8.64. The summed E-state index contributed by atoms with van der Waals surface area (Å²) in [6.45, 7) is 1.90. The van der Waals surface area contributed by atoms with Gasteiger partial charge in [0.1, 0.15) is 11.6 Å². The number of carbonyl (C=O) groups is 2. The van der Waals surface area contributed by atoms with Gasteiger partial charge in [-0.15, -0.1) is 0 Å². The minimum Gasteiger partial charge on any atom is -0.289 e. The van der Waals surface area contributed by atoms with Gasteiger partial charge in [0, 0.05) is 0 Å². The third-order valence-electron chi connectivity index (χ3n) is 3.88. The number of hydrogen-bond donors (Lipinski definition) is 0. The van der Waals surface area contributed by atoms with Gasteiger partial charge in [0.2, 0.25) is 0 Å². The van der Waals surface area contributed by atoms with Crippen molar-refractivity contribution >= 4 is 47.2 Å². The van der Waals surface area contributed by atoms with Crippen molar-refractivity contribution in [1.29, 1.82) is 0 Å². The lowest BCUT2D eigenvalue weighted by molar-refractivity contribution is -0.116. The van der Waals surface area contributed by atoms with Crippen molar-refractivity contribution in [3.8, 4) is 0 Å². The number of hydrogen-bond acceptors (Lipinski definition) is 4. The monoisotopic (exact) mass is 426 g/mol. The van der Waals surface area contributed by atoms with Crippen LogP contribution >= 0.6 is 23.5 Å². The number of halogens is 2. The van der Waals surface area contributed by atoms with Crippen LogP contribution in [-0.2, 0) is 9.59 Å². The summed E-state index contributed by atoms with van der Waals surface area (Å²) < 4.78 is 26.7. The third-order valence-corrected chi connectivity index (χ3v) is 6.28. The Hall–Kier alpha value is -2.70. The molecule has 29 heavy (non-hydrogen) atoms. The number of allylic oxidation sites excluding steroid dienone is 4. The van der Waals surface area contributed by atoms with Crippen LogP contribution in [0.25, 0.3) is 12.2 Å². The van der Waals surface area contributed by atoms with Crippen LogP contribution in [0.3, 0.4) is 0 Å². The first kappa shape index (κ1) is 21.0. The highest BCUT2D eigenvalue weighted by molar-refractivity contribution is 8.28. The van der Waals surface area contributed by atoms with Gasteiger partial charge in [0.15, 0.2) is 11.6 Å². The second-order valence-electron chi connectivity index (χ2n) is 6.11. The molecule has 3 rings (SSSR count). The van der Waals surface area contributed by atoms with Crippen molar-refractivity contribution < 1.29 is 18.4 Å². The molecule has 0 unspecified atom stereocenters. The summed E-state index contributed by atoms with van der Waals surface area (Å²) in [5.41, 5.74) is 1.38. The lowest BCUT2D eigenvalue weighted by atomic mass is 10.1. The van der Waals surface area contributed by atoms with Crippen molar-refractivity contribution in [2.45, 2.75) is 6.92 Å². The molecule has 0 atom stereocenters. The average Bonchev–Trinajstić information content (AvgIpc) is 3.13. The number of thioether (sulfide) groups is 2. The molecule has 0 saturated heterocycles. The largest absolute Gasteiger partial charge is 0.289 e. The smallest absolute Gasteiger partial charge is 0.191 e. The van der Waals surface area contributed by atoms with Crippen molar-refractivity contribution in [3.05, 3.63) is 104 Å². The lowest BCUT2D eigenvalue weighted by Crippen LogP contribution is -2.10. The molecule has 0 aliphatic carbocycles. The molecular formula is C23H16F2O2S2. The molecule has 0 radical (unpaired) electrons. The van der Waals surface area contributed by atoms with E-state index in [9.17, 15) is 18.4 Å². The molecule has 0 saturated carbocycles. The Morgan fingerprint density at radius 1 is 0.793 bits per heavy atom. The Labute approximate surface area is 176 Å². The predicted octanol–water partition coefficient (Wildman–Crippen LogP) is 6.38. The first-order valence-corrected chi connectivity index (χ1v) is 10.3. The summed E-state index contributed by atoms with van der Waals surface area (Å²) in [4.78, 5) is 26.6. The van der Waals surface area contributed by atoms with Crippen LogP contribution in [-0.4, -0.2) is 11.6 Å². The fraction of sp³-hybridized carbons (Fsp3) is 0.0435. The molecule has 146 valence electrons. The summed E-state index contributed by atoms with van der Waals surface area (Å²) in [5, 5.41) is 1.88. The Balaban J connectivity index is 1.84. The SMILES string of the molecule is CC1=CSC(=C(C(=O)/C=C/c2ccc(F)cc2)C(=O)/C=C/c2ccc(F)cc2)S1. The highest BCUT2D eigenvalue weighted by atomic mass is 32.2. The van der Waals surface area contributed by atoms with Gasteiger partial charge in [0.05, 0.1) is 9.81 Å². The summed E-state index contributed by atoms with van der Waals surface area (Å²) in [5.74, 6) is -1.59. The number of ketones is 2. The zero-order valence-electron chi connectivity index (χ0n) is 15.4. The zero-order valence-corrected chi connectivity index (χ0v) is 17.0. The quantitative estimate of drug-likeness (QED) is 0.305. The summed E-state index contributed by atoms with van der Waals surface area (Å²) in [6.07, 6.45) is 5.72. The van der Waals surface area contributed by atoms with E-state index in [2.05, 4.69) is 0 Å². The molecule has 6 heteroatoms. The third kappa shape index (κ3) is 5.89. The molecule has 2 aromatic rings. The first-order chi connectivity index (χ1) is 13.9. The number of benzene rings is 2. The molecule has 2 nitrogen and oxygen atoms in total. The van der Waals surface area contributed by atoms with Crippen LogP contribution in [0, 0.1) is 11.6 Å². The molecule has 1 heterocycles. The maximum atomic E-state index is 13.0. The van der Waals surface area contributed by atoms with Gasteiger partial charge < -0.3 is 0 Å². The predicted molar refractivity (Wildman–Crippen MR) is 117 cm³/mol. The van der Waals surface area contributed by atoms with Crippen molar-refractivity contribution in [1.82, 2.24) is 0 Å². The van der Waals surface area contributed by atoms with E-state index in [1.54, 1.807) is 36.4 Å². The molecule has 1 aliphatic rings. The number of rotatable bonds is 6. The van der Waals surface area contributed by atoms with Gasteiger partial charge >= 0.3 is 0 Å². The van der Waals surface area contributed by atoms with Crippen LogP contribution in [0.2, 0.25) is 0 Å². The Bertz CT molecular complexity index is 978. The molecular weight excluding hydrogens is 410 g/mol. The summed E-state index contributed by atoms with van der Waals surface area (Å²) in [6, 6.07) is 11.4. The average molecular weight is 427 g/mol. The molecule has 0 N–H and O–H groups in total. The summed E-state index contributed by atoms with van der Waals surface area (Å²) >= 11 is 2.71. The van der Waals surface area contributed by atoms with Crippen LogP contribution < -0.4 is 0 Å². The van der Waals surface area contributed by atoms with Gasteiger partial charge in [-0.1, -0.05) is 59.9 Å². The molecule has 0 spiro atoms. The van der Waals surface area contributed by atoms with Crippen LogP contribution in [0.15, 0.2) is 80.8 Å². The van der Waals surface area contributed by atoms with E-state index in [4.69, 9.17) is 0 Å². The normalized spacial score (nSPS) is 13.9. The maximum Gasteiger partial charge on any atom is 0.191 e. The highest BCUT2D eigenvalue weighted by Gasteiger charge is 2.23. The van der Waals surface area contributed by atoms with Gasteiger partial charge in [0.25, 0.3) is 0 Å². The molecule has 0 bridgehead atoms. The topological polar surface area (TPSA) is 34.1 Å². The van der Waals surface area contributed by atoms with Crippen molar-refractivity contribution in [2.24, 2.45) is 0 Å². The molecule has 0 amide bonds. The van der Waals surface area contributed by atoms with E-state index in [0.29, 0.717) is 15.4 Å². The van der Waals surface area contributed by atoms with Crippen molar-refractivity contribution in [3.63, 3.8) is 0 Å². The van der Waals surface area contributed by atoms with E-state index >= 15 is 0 Å². The lowest BCUT2D eigenvalue weighted by Gasteiger charge is -2.04. The molecule has 1 aliphatic heterocycles. The zero-order chi connectivity index (χ0) is 20.8. The van der Waals surface area contributed by atoms with E-state index in [1.165, 1.54) is 59.9 Å². The van der Waals surface area contributed by atoms with Crippen molar-refractivity contribution in [2.75, 3.05) is 0 Å². The Kier molecular flexibility index (Phi) is 7.01. The van der Waals surface area contributed by atoms with E-state index in [0.717, 1.165) is 4.91 Å². The summed E-state index contributed by atoms with van der Waals surface area (Å²) in [7, 11) is 0. The minimum atomic E-state index is -0.429. The fourth-order valence-electron chi connectivity index (χ4n) is 2.42. The molecule has 2 aromatic carbocycles. The van der Waals surface area contributed by atoms with Gasteiger partial charge in [-0.05, 0) is 64.8 Å². The minimum absolute atomic E-state index is 0.0739. The maximum absolute atomic E-state index is 13.0. The molecule has 0 aromatic heterocycles. The van der Waals surface area contributed by atoms with Gasteiger partial charge in [-0.3, -0.25) is 9.59 Å². The van der Waals surface area contributed by atoms with E-state index in [1.807, 2.05) is 12.3 Å². The van der Waals surface area contributed by atoms with E-state index < -0.39 is 11.6 Å². The van der Waals surface area contributed by atoms with Gasteiger partial charge in [-0.2, -0.15) is 0 Å². The van der Waals surface area contributed by atoms with E-state index in [-0.39, 0.29) is 17.2 Å².